The summed E-state index contributed by atoms with van der Waals surface area (Å²) in [6.07, 6.45) is 1.79. The molecule has 49 heavy (non-hydrogen) atoms. The van der Waals surface area contributed by atoms with Gasteiger partial charge in [0.05, 0.1) is 16.9 Å². The second-order valence-corrected chi connectivity index (χ2v) is 11.9. The van der Waals surface area contributed by atoms with Crippen molar-refractivity contribution >= 4 is 43.9 Å². The van der Waals surface area contributed by atoms with Gasteiger partial charge >= 0.3 is 0 Å². The number of imidazole rings is 1. The monoisotopic (exact) mass is 814 g/mol. The quantitative estimate of drug-likeness (QED) is 0.166. The molecule has 241 valence electrons. The Balaban J connectivity index is 0.000000255. The van der Waals surface area contributed by atoms with Crippen LogP contribution in [0.5, 0.6) is 0 Å². The fourth-order valence-corrected chi connectivity index (χ4v) is 6.24. The summed E-state index contributed by atoms with van der Waals surface area (Å²) in [4.78, 5) is 14.2. The van der Waals surface area contributed by atoms with E-state index in [9.17, 15) is 0 Å². The summed E-state index contributed by atoms with van der Waals surface area (Å²) in [5, 5.41) is 4.22. The Labute approximate surface area is 300 Å². The first-order valence-electron chi connectivity index (χ1n) is 16.5. The molecule has 4 aromatic heterocycles. The minimum Gasteiger partial charge on any atom is -0.501 e. The number of rotatable bonds is 4. The van der Waals surface area contributed by atoms with Crippen LogP contribution in [-0.4, -0.2) is 19.5 Å². The van der Waals surface area contributed by atoms with Crippen LogP contribution < -0.4 is 0 Å². The summed E-state index contributed by atoms with van der Waals surface area (Å²) in [7, 11) is 0. The van der Waals surface area contributed by atoms with Crippen molar-refractivity contribution in [3.8, 4) is 28.3 Å². The Kier molecular flexibility index (Phi) is 8.57. The van der Waals surface area contributed by atoms with Crippen molar-refractivity contribution in [2.24, 2.45) is 0 Å². The summed E-state index contributed by atoms with van der Waals surface area (Å²) in [5.41, 5.74) is 8.78. The Hall–Kier alpha value is -5.42. The maximum absolute atomic E-state index is 8.46. The first-order chi connectivity index (χ1) is 23.9. The van der Waals surface area contributed by atoms with Crippen molar-refractivity contribution in [1.82, 2.24) is 19.5 Å². The normalized spacial score (nSPS) is 11.7. The van der Waals surface area contributed by atoms with Crippen molar-refractivity contribution in [1.29, 1.82) is 0 Å². The molecule has 9 aromatic rings. The van der Waals surface area contributed by atoms with E-state index in [4.69, 9.17) is 15.8 Å². The Morgan fingerprint density at radius 1 is 0.735 bits per heavy atom. The molecular weight excluding hydrogens is 781 g/mol. The molecule has 5 nitrogen and oxygen atoms in total. The third-order valence-corrected chi connectivity index (χ3v) is 8.60. The van der Waals surface area contributed by atoms with Crippen molar-refractivity contribution < 1.29 is 25.9 Å². The molecule has 0 aliphatic rings. The van der Waals surface area contributed by atoms with Crippen LogP contribution in [0.3, 0.4) is 0 Å². The number of aromatic nitrogens is 4. The van der Waals surface area contributed by atoms with Crippen LogP contribution in [-0.2, 0) is 20.1 Å². The smallest absolute Gasteiger partial charge is 0.169 e. The number of benzene rings is 5. The number of hydrogen-bond donors (Lipinski definition) is 0. The van der Waals surface area contributed by atoms with E-state index in [1.807, 2.05) is 112 Å². The van der Waals surface area contributed by atoms with Crippen molar-refractivity contribution in [2.45, 2.75) is 26.7 Å². The van der Waals surface area contributed by atoms with E-state index in [1.54, 1.807) is 6.20 Å². The minimum atomic E-state index is -0.714. The van der Waals surface area contributed by atoms with Crippen LogP contribution in [0.25, 0.3) is 72.2 Å². The number of para-hydroxylation sites is 1. The molecule has 0 saturated carbocycles. The zero-order chi connectivity index (χ0) is 33.5. The molecule has 0 spiro atoms. The SMILES string of the molecule is [2H]C(C)(C)c1ccc2c(c1)oc1c(-c3nc4nc(C)c5ccccc5c4n3-c3ccccc3)[c-]ccc12.[Ir].[c-]1ccccc1-c1ccccn1. The van der Waals surface area contributed by atoms with Crippen LogP contribution in [0.4, 0.5) is 0 Å². The van der Waals surface area contributed by atoms with E-state index >= 15 is 0 Å². The van der Waals surface area contributed by atoms with Gasteiger partial charge in [-0.05, 0) is 48.3 Å². The summed E-state index contributed by atoms with van der Waals surface area (Å²) >= 11 is 0. The molecule has 0 saturated heterocycles. The van der Waals surface area contributed by atoms with Gasteiger partial charge in [-0.15, -0.1) is 54.1 Å². The number of aryl methyl sites for hydroxylation is 1. The summed E-state index contributed by atoms with van der Waals surface area (Å²) in [6, 6.07) is 48.8. The number of nitrogens with zero attached hydrogens (tertiary/aromatic N) is 4. The van der Waals surface area contributed by atoms with E-state index in [1.165, 1.54) is 0 Å². The van der Waals surface area contributed by atoms with Crippen molar-refractivity contribution in [3.63, 3.8) is 0 Å². The molecule has 9 rings (SSSR count). The summed E-state index contributed by atoms with van der Waals surface area (Å²) in [5.74, 6) is 0.0173. The average Bonchev–Trinajstić information content (AvgIpc) is 3.71. The first kappa shape index (κ1) is 30.9. The topological polar surface area (TPSA) is 56.7 Å². The first-order valence-corrected chi connectivity index (χ1v) is 16.0. The standard InChI is InChI=1S/C32H24N3O.C11H8N.Ir/c1-19(2)21-16-17-24-26-14-9-15-27(30(26)36-28(24)18-21)32-34-31-29(35(32)22-10-5-4-6-11-22)25-13-8-7-12-23(25)20(3)33-31;1-2-6-10(7-3-1)11-8-4-5-9-12-11;/h4-14,16-19H,1-3H3;1-6,8-9H;/q2*-1;/i19D;;. The van der Waals surface area contributed by atoms with Crippen molar-refractivity contribution in [2.75, 3.05) is 0 Å². The summed E-state index contributed by atoms with van der Waals surface area (Å²) < 4.78 is 17.1. The maximum Gasteiger partial charge on any atom is 0.169 e. The van der Waals surface area contributed by atoms with E-state index in [-0.39, 0.29) is 20.1 Å². The predicted molar refractivity (Wildman–Crippen MR) is 195 cm³/mol. The van der Waals surface area contributed by atoms with Gasteiger partial charge in [-0.1, -0.05) is 91.5 Å². The van der Waals surface area contributed by atoms with Crippen LogP contribution in [0.15, 0.2) is 138 Å². The van der Waals surface area contributed by atoms with Gasteiger partial charge in [0, 0.05) is 55.2 Å². The molecule has 1 radical (unpaired) electrons. The van der Waals surface area contributed by atoms with E-state index < -0.39 is 5.89 Å². The molecule has 5 aromatic carbocycles. The molecule has 0 aliphatic carbocycles. The molecule has 0 amide bonds. The maximum atomic E-state index is 8.46. The molecule has 0 unspecified atom stereocenters. The second-order valence-electron chi connectivity index (χ2n) is 11.9. The molecule has 6 heteroatoms. The molecule has 0 aliphatic heterocycles. The van der Waals surface area contributed by atoms with Gasteiger partial charge in [0.15, 0.2) is 5.65 Å². The third kappa shape index (κ3) is 5.95. The Morgan fingerprint density at radius 2 is 1.51 bits per heavy atom. The molecule has 4 heterocycles. The van der Waals surface area contributed by atoms with Gasteiger partial charge in [-0.25, -0.2) is 4.98 Å². The van der Waals surface area contributed by atoms with Gasteiger partial charge < -0.3 is 14.0 Å². The van der Waals surface area contributed by atoms with Gasteiger partial charge in [0.2, 0.25) is 0 Å². The molecular formula is C43H32IrN4O-2. The van der Waals surface area contributed by atoms with Gasteiger partial charge in [-0.2, -0.15) is 0 Å². The Morgan fingerprint density at radius 3 is 2.27 bits per heavy atom. The predicted octanol–water partition coefficient (Wildman–Crippen LogP) is 10.9. The zero-order valence-electron chi connectivity index (χ0n) is 28.2. The van der Waals surface area contributed by atoms with E-state index in [0.717, 1.165) is 77.8 Å². The van der Waals surface area contributed by atoms with Crippen LogP contribution in [0.2, 0.25) is 0 Å². The fourth-order valence-electron chi connectivity index (χ4n) is 6.24. The van der Waals surface area contributed by atoms with Gasteiger partial charge in [0.25, 0.3) is 0 Å². The fraction of sp³-hybridized carbons (Fsp3) is 0.0930. The number of pyridine rings is 2. The largest absolute Gasteiger partial charge is 0.501 e. The van der Waals surface area contributed by atoms with Crippen LogP contribution in [0.1, 0.15) is 32.4 Å². The average molecular weight is 814 g/mol. The summed E-state index contributed by atoms with van der Waals surface area (Å²) in [6.45, 7) is 5.80. The number of furan rings is 1. The minimum absolute atomic E-state index is 0. The number of fused-ring (bicyclic) bond motifs is 6. The van der Waals surface area contributed by atoms with Crippen LogP contribution in [0, 0.1) is 19.1 Å². The van der Waals surface area contributed by atoms with Crippen LogP contribution >= 0.6 is 0 Å². The Bertz CT molecular complexity index is 2560. The van der Waals surface area contributed by atoms with Gasteiger partial charge in [0.1, 0.15) is 5.58 Å². The molecule has 0 fully saturated rings. The molecule has 0 bridgehead atoms. The zero-order valence-corrected chi connectivity index (χ0v) is 29.6. The van der Waals surface area contributed by atoms with Gasteiger partial charge in [-0.3, -0.25) is 4.98 Å². The second kappa shape index (κ2) is 13.6. The molecule has 0 atom stereocenters. The molecule has 0 N–H and O–H groups in total. The van der Waals surface area contributed by atoms with E-state index in [2.05, 4.69) is 58.1 Å². The van der Waals surface area contributed by atoms with E-state index in [0.29, 0.717) is 5.65 Å². The van der Waals surface area contributed by atoms with Crippen molar-refractivity contribution in [3.05, 3.63) is 157 Å². The third-order valence-electron chi connectivity index (χ3n) is 8.60. The number of hydrogen-bond acceptors (Lipinski definition) is 4.